The Bertz CT molecular complexity index is 397. The molecule has 0 radical (unpaired) electrons. The zero-order chi connectivity index (χ0) is 13.0. The highest BCUT2D eigenvalue weighted by Crippen LogP contribution is 2.21. The van der Waals surface area contributed by atoms with Crippen molar-refractivity contribution in [1.29, 1.82) is 0 Å². The summed E-state index contributed by atoms with van der Waals surface area (Å²) in [5, 5.41) is 6.53. The minimum Gasteiger partial charge on any atom is -0.378 e. The molecular weight excluding hydrogens is 224 g/mol. The first-order valence-corrected chi connectivity index (χ1v) is 6.53. The predicted molar refractivity (Wildman–Crippen MR) is 75.1 cm³/mol. The number of nitrogens with zero attached hydrogens (tertiary/aromatic N) is 2. The van der Waals surface area contributed by atoms with Crippen LogP contribution in [0.25, 0.3) is 0 Å². The van der Waals surface area contributed by atoms with E-state index in [-0.39, 0.29) is 5.41 Å². The van der Waals surface area contributed by atoms with Crippen LogP contribution in [0, 0.1) is 0 Å². The first-order chi connectivity index (χ1) is 8.55. The Balaban J connectivity index is 1.99. The van der Waals surface area contributed by atoms with Crippen molar-refractivity contribution in [2.24, 2.45) is 5.10 Å². The van der Waals surface area contributed by atoms with Crippen molar-refractivity contribution < 1.29 is 4.74 Å². The van der Waals surface area contributed by atoms with Crippen LogP contribution in [0.5, 0.6) is 0 Å². The molecule has 3 nitrogen and oxygen atoms in total. The molecule has 1 aromatic carbocycles. The van der Waals surface area contributed by atoms with Gasteiger partial charge in [-0.1, -0.05) is 45.0 Å². The molecule has 0 saturated carbocycles. The van der Waals surface area contributed by atoms with Gasteiger partial charge in [-0.2, -0.15) is 5.10 Å². The Labute approximate surface area is 109 Å². The van der Waals surface area contributed by atoms with E-state index in [9.17, 15) is 0 Å². The van der Waals surface area contributed by atoms with Crippen molar-refractivity contribution >= 4 is 6.21 Å². The number of benzene rings is 1. The quantitative estimate of drug-likeness (QED) is 0.749. The SMILES string of the molecule is CC(C)(C)c1ccc(C=NN2CCOCC2)cc1. The van der Waals surface area contributed by atoms with Crippen molar-refractivity contribution in [2.75, 3.05) is 26.3 Å². The van der Waals surface area contributed by atoms with Crippen LogP contribution in [-0.4, -0.2) is 37.5 Å². The summed E-state index contributed by atoms with van der Waals surface area (Å²) in [7, 11) is 0. The standard InChI is InChI=1S/C15H22N2O/c1-15(2,3)14-6-4-13(5-7-14)12-16-17-8-10-18-11-9-17/h4-7,12H,8-11H2,1-3H3. The summed E-state index contributed by atoms with van der Waals surface area (Å²) in [5.41, 5.74) is 2.71. The maximum absolute atomic E-state index is 5.29. The summed E-state index contributed by atoms with van der Waals surface area (Å²) in [4.78, 5) is 0. The summed E-state index contributed by atoms with van der Waals surface area (Å²) in [5.74, 6) is 0. The summed E-state index contributed by atoms with van der Waals surface area (Å²) in [6, 6.07) is 8.62. The normalized spacial score (nSPS) is 17.4. The van der Waals surface area contributed by atoms with Gasteiger partial charge in [0.1, 0.15) is 0 Å². The Kier molecular flexibility index (Phi) is 4.02. The first-order valence-electron chi connectivity index (χ1n) is 6.53. The smallest absolute Gasteiger partial charge is 0.0659 e. The minimum absolute atomic E-state index is 0.208. The van der Waals surface area contributed by atoms with E-state index < -0.39 is 0 Å². The number of hydrogen-bond donors (Lipinski definition) is 0. The van der Waals surface area contributed by atoms with E-state index in [2.05, 4.69) is 55.1 Å². The highest BCUT2D eigenvalue weighted by Gasteiger charge is 2.12. The largest absolute Gasteiger partial charge is 0.378 e. The van der Waals surface area contributed by atoms with Crippen molar-refractivity contribution in [3.05, 3.63) is 35.4 Å². The van der Waals surface area contributed by atoms with Crippen LogP contribution in [0.1, 0.15) is 31.9 Å². The van der Waals surface area contributed by atoms with E-state index in [1.165, 1.54) is 5.56 Å². The summed E-state index contributed by atoms with van der Waals surface area (Å²) >= 11 is 0. The van der Waals surface area contributed by atoms with Crippen LogP contribution in [0.4, 0.5) is 0 Å². The molecule has 0 unspecified atom stereocenters. The fourth-order valence-electron chi connectivity index (χ4n) is 1.89. The van der Waals surface area contributed by atoms with Gasteiger partial charge in [0.2, 0.25) is 0 Å². The fraction of sp³-hybridized carbons (Fsp3) is 0.533. The minimum atomic E-state index is 0.208. The lowest BCUT2D eigenvalue weighted by atomic mass is 9.87. The topological polar surface area (TPSA) is 24.8 Å². The van der Waals surface area contributed by atoms with Crippen LogP contribution in [-0.2, 0) is 10.2 Å². The van der Waals surface area contributed by atoms with E-state index in [0.717, 1.165) is 31.9 Å². The van der Waals surface area contributed by atoms with Crippen molar-refractivity contribution in [3.63, 3.8) is 0 Å². The second kappa shape index (κ2) is 5.53. The average molecular weight is 246 g/mol. The molecule has 3 heteroatoms. The van der Waals surface area contributed by atoms with E-state index in [4.69, 9.17) is 4.74 Å². The molecule has 1 heterocycles. The third-order valence-electron chi connectivity index (χ3n) is 3.13. The van der Waals surface area contributed by atoms with Gasteiger partial charge >= 0.3 is 0 Å². The van der Waals surface area contributed by atoms with Gasteiger partial charge in [0.05, 0.1) is 32.5 Å². The molecule has 0 spiro atoms. The fourth-order valence-corrected chi connectivity index (χ4v) is 1.89. The van der Waals surface area contributed by atoms with E-state index in [0.29, 0.717) is 0 Å². The molecule has 1 aliphatic rings. The zero-order valence-electron chi connectivity index (χ0n) is 11.5. The Morgan fingerprint density at radius 3 is 2.28 bits per heavy atom. The third-order valence-corrected chi connectivity index (χ3v) is 3.13. The molecule has 18 heavy (non-hydrogen) atoms. The Morgan fingerprint density at radius 2 is 1.72 bits per heavy atom. The number of hydrazone groups is 1. The Hall–Kier alpha value is -1.35. The maximum atomic E-state index is 5.29. The molecule has 2 rings (SSSR count). The predicted octanol–water partition coefficient (Wildman–Crippen LogP) is 2.65. The molecule has 0 aliphatic carbocycles. The number of ether oxygens (including phenoxy) is 1. The molecule has 1 saturated heterocycles. The monoisotopic (exact) mass is 246 g/mol. The third kappa shape index (κ3) is 3.57. The lowest BCUT2D eigenvalue weighted by Gasteiger charge is -2.23. The van der Waals surface area contributed by atoms with E-state index in [1.807, 2.05) is 6.21 Å². The Morgan fingerprint density at radius 1 is 1.11 bits per heavy atom. The van der Waals surface area contributed by atoms with Gasteiger partial charge in [0.25, 0.3) is 0 Å². The number of hydrogen-bond acceptors (Lipinski definition) is 3. The molecular formula is C15H22N2O. The summed E-state index contributed by atoms with van der Waals surface area (Å²) < 4.78 is 5.29. The van der Waals surface area contributed by atoms with Crippen molar-refractivity contribution in [1.82, 2.24) is 5.01 Å². The average Bonchev–Trinajstić information content (AvgIpc) is 2.37. The van der Waals surface area contributed by atoms with Crippen molar-refractivity contribution in [3.8, 4) is 0 Å². The van der Waals surface area contributed by atoms with Gasteiger partial charge in [-0.3, -0.25) is 5.01 Å². The van der Waals surface area contributed by atoms with Crippen LogP contribution >= 0.6 is 0 Å². The van der Waals surface area contributed by atoms with Gasteiger partial charge in [0.15, 0.2) is 0 Å². The lowest BCUT2D eigenvalue weighted by molar-refractivity contribution is 0.0397. The number of rotatable bonds is 2. The van der Waals surface area contributed by atoms with Gasteiger partial charge in [-0.15, -0.1) is 0 Å². The molecule has 0 amide bonds. The van der Waals surface area contributed by atoms with E-state index >= 15 is 0 Å². The second-order valence-electron chi connectivity index (χ2n) is 5.68. The van der Waals surface area contributed by atoms with Crippen LogP contribution in [0.3, 0.4) is 0 Å². The highest BCUT2D eigenvalue weighted by molar-refractivity contribution is 5.79. The molecule has 1 aliphatic heterocycles. The van der Waals surface area contributed by atoms with Crippen LogP contribution in [0.15, 0.2) is 29.4 Å². The summed E-state index contributed by atoms with van der Waals surface area (Å²) in [6.45, 7) is 10.0. The molecule has 98 valence electrons. The van der Waals surface area contributed by atoms with Gasteiger partial charge in [-0.25, -0.2) is 0 Å². The lowest BCUT2D eigenvalue weighted by Crippen LogP contribution is -2.32. The first kappa shape index (κ1) is 13.1. The van der Waals surface area contributed by atoms with E-state index in [1.54, 1.807) is 0 Å². The van der Waals surface area contributed by atoms with Crippen molar-refractivity contribution in [2.45, 2.75) is 26.2 Å². The summed E-state index contributed by atoms with van der Waals surface area (Å²) in [6.07, 6.45) is 1.93. The van der Waals surface area contributed by atoms with Gasteiger partial charge in [-0.05, 0) is 16.5 Å². The number of morpholine rings is 1. The molecule has 0 N–H and O–H groups in total. The molecule has 1 aromatic rings. The van der Waals surface area contributed by atoms with Crippen LogP contribution < -0.4 is 0 Å². The zero-order valence-corrected chi connectivity index (χ0v) is 11.5. The van der Waals surface area contributed by atoms with Gasteiger partial charge < -0.3 is 4.74 Å². The maximum Gasteiger partial charge on any atom is 0.0659 e. The molecule has 0 aromatic heterocycles. The molecule has 1 fully saturated rings. The highest BCUT2D eigenvalue weighted by atomic mass is 16.5. The van der Waals surface area contributed by atoms with Gasteiger partial charge in [0, 0.05) is 0 Å². The second-order valence-corrected chi connectivity index (χ2v) is 5.68. The van der Waals surface area contributed by atoms with Crippen LogP contribution in [0.2, 0.25) is 0 Å². The molecule has 0 atom stereocenters. The molecule has 0 bridgehead atoms.